The number of aromatic nitrogens is 1. The summed E-state index contributed by atoms with van der Waals surface area (Å²) in [5.41, 5.74) is 0.373. The zero-order valence-corrected chi connectivity index (χ0v) is 8.38. The van der Waals surface area contributed by atoms with Gasteiger partial charge in [-0.05, 0) is 12.9 Å². The lowest BCUT2D eigenvalue weighted by Crippen LogP contribution is -2.19. The Labute approximate surface area is 90.3 Å². The molecule has 2 aromatic rings. The van der Waals surface area contributed by atoms with Gasteiger partial charge in [0.2, 0.25) is 0 Å². The summed E-state index contributed by atoms with van der Waals surface area (Å²) in [5.74, 6) is 0.286. The van der Waals surface area contributed by atoms with Crippen LogP contribution in [0.25, 0.3) is 11.0 Å². The molecule has 82 valence electrons. The first-order valence-corrected chi connectivity index (χ1v) is 4.56. The van der Waals surface area contributed by atoms with Crippen LogP contribution < -0.4 is 5.23 Å². The fraction of sp³-hybridized carbons (Fsp3) is 0.125. The molecule has 0 saturated heterocycles. The average molecular weight is 221 g/mol. The summed E-state index contributed by atoms with van der Waals surface area (Å²) in [6, 6.07) is 4.14. The van der Waals surface area contributed by atoms with Crippen molar-refractivity contribution in [2.75, 3.05) is 5.23 Å². The second kappa shape index (κ2) is 3.82. The van der Waals surface area contributed by atoms with Gasteiger partial charge < -0.3 is 14.8 Å². The summed E-state index contributed by atoms with van der Waals surface area (Å²) >= 11 is 0. The number of hydrogen-bond donors (Lipinski definition) is 2. The van der Waals surface area contributed by atoms with E-state index in [-0.39, 0.29) is 11.5 Å². The minimum Gasteiger partial charge on any atom is -0.433 e. The van der Waals surface area contributed by atoms with Crippen LogP contribution in [0.1, 0.15) is 0 Å². The van der Waals surface area contributed by atoms with Gasteiger partial charge in [-0.1, -0.05) is 5.16 Å². The van der Waals surface area contributed by atoms with Crippen LogP contribution in [0.15, 0.2) is 22.7 Å². The third-order valence-electron chi connectivity index (χ3n) is 2.01. The van der Waals surface area contributed by atoms with Crippen LogP contribution in [-0.4, -0.2) is 22.2 Å². The Morgan fingerprint density at radius 3 is 3.00 bits per heavy atom. The van der Waals surface area contributed by atoms with E-state index in [9.17, 15) is 10.1 Å². The summed E-state index contributed by atoms with van der Waals surface area (Å²) in [6.07, 6.45) is 0. The van der Waals surface area contributed by atoms with Crippen molar-refractivity contribution < 1.29 is 14.5 Å². The number of rotatable bonds is 3. The zero-order chi connectivity index (χ0) is 11.7. The highest BCUT2D eigenvalue weighted by Gasteiger charge is 2.15. The highest BCUT2D eigenvalue weighted by molar-refractivity contribution is 6.53. The van der Waals surface area contributed by atoms with Crippen LogP contribution in [0.4, 0.5) is 11.5 Å². The fourth-order valence-electron chi connectivity index (χ4n) is 1.34. The molecule has 2 N–H and O–H groups in total. The molecule has 16 heavy (non-hydrogen) atoms. The maximum absolute atomic E-state index is 10.6. The molecule has 8 heteroatoms. The molecule has 0 radical (unpaired) electrons. The Bertz CT molecular complexity index is 539. The number of hydrogen-bond acceptors (Lipinski definition) is 6. The summed E-state index contributed by atoms with van der Waals surface area (Å²) in [5, 5.41) is 26.5. The highest BCUT2D eigenvalue weighted by atomic mass is 16.6. The Hall–Kier alpha value is -2.09. The number of anilines is 1. The van der Waals surface area contributed by atoms with Gasteiger partial charge in [-0.25, -0.2) is 0 Å². The summed E-state index contributed by atoms with van der Waals surface area (Å²) in [6.45, 7) is 1.51. The second-order valence-corrected chi connectivity index (χ2v) is 3.29. The molecule has 0 saturated carbocycles. The molecule has 1 aromatic heterocycles. The molecule has 2 rings (SSSR count). The van der Waals surface area contributed by atoms with Crippen LogP contribution in [0.5, 0.6) is 0 Å². The van der Waals surface area contributed by atoms with E-state index < -0.39 is 12.0 Å². The van der Waals surface area contributed by atoms with Gasteiger partial charge in [-0.3, -0.25) is 10.1 Å². The van der Waals surface area contributed by atoms with Crippen molar-refractivity contribution in [2.45, 2.75) is 6.82 Å². The molecule has 0 bridgehead atoms. The Kier molecular flexibility index (Phi) is 2.49. The van der Waals surface area contributed by atoms with E-state index in [2.05, 4.69) is 10.4 Å². The first-order valence-electron chi connectivity index (χ1n) is 4.56. The van der Waals surface area contributed by atoms with Crippen LogP contribution >= 0.6 is 0 Å². The Morgan fingerprint density at radius 2 is 2.38 bits per heavy atom. The number of nitrogens with one attached hydrogen (secondary N) is 1. The molecule has 7 nitrogen and oxygen atoms in total. The van der Waals surface area contributed by atoms with E-state index in [0.717, 1.165) is 0 Å². The number of fused-ring (bicyclic) bond motifs is 1. The monoisotopic (exact) mass is 221 g/mol. The largest absolute Gasteiger partial charge is 0.433 e. The quantitative estimate of drug-likeness (QED) is 0.459. The number of nitro benzene ring substituents is 1. The van der Waals surface area contributed by atoms with Gasteiger partial charge in [0.25, 0.3) is 5.69 Å². The standard InChI is InChI=1S/C8H8BN3O4/c1-9(13)10-8-6-4-5(12(14)15)2-3-7(6)16-11-8/h2-4,13H,1H3,(H,10,11). The normalized spacial score (nSPS) is 10.4. The molecule has 0 aliphatic carbocycles. The summed E-state index contributed by atoms with van der Waals surface area (Å²) in [4.78, 5) is 10.1. The predicted octanol–water partition coefficient (Wildman–Crippen LogP) is 1.26. The molecule has 0 unspecified atom stereocenters. The van der Waals surface area contributed by atoms with Gasteiger partial charge in [0, 0.05) is 12.1 Å². The van der Waals surface area contributed by atoms with E-state index in [1.807, 2.05) is 0 Å². The predicted molar refractivity (Wildman–Crippen MR) is 58.1 cm³/mol. The molecule has 0 spiro atoms. The molecule has 1 aromatic carbocycles. The van der Waals surface area contributed by atoms with Gasteiger partial charge in [0.1, 0.15) is 0 Å². The first-order chi connectivity index (χ1) is 7.58. The molecule has 0 fully saturated rings. The van der Waals surface area contributed by atoms with E-state index in [1.54, 1.807) is 0 Å². The van der Waals surface area contributed by atoms with Crippen molar-refractivity contribution >= 4 is 29.5 Å². The van der Waals surface area contributed by atoms with Crippen molar-refractivity contribution in [1.29, 1.82) is 0 Å². The zero-order valence-electron chi connectivity index (χ0n) is 8.38. The lowest BCUT2D eigenvalue weighted by atomic mass is 9.89. The van der Waals surface area contributed by atoms with E-state index in [0.29, 0.717) is 11.0 Å². The lowest BCUT2D eigenvalue weighted by molar-refractivity contribution is -0.384. The van der Waals surface area contributed by atoms with Crippen molar-refractivity contribution in [2.24, 2.45) is 0 Å². The van der Waals surface area contributed by atoms with Gasteiger partial charge in [-0.2, -0.15) is 0 Å². The molecule has 0 amide bonds. The molecule has 0 atom stereocenters. The molecule has 1 heterocycles. The Balaban J connectivity index is 2.51. The number of non-ortho nitro benzene ring substituents is 1. The first kappa shape index (κ1) is 10.4. The van der Waals surface area contributed by atoms with Crippen LogP contribution in [0, 0.1) is 10.1 Å². The van der Waals surface area contributed by atoms with Gasteiger partial charge in [-0.15, -0.1) is 0 Å². The summed E-state index contributed by atoms with van der Waals surface area (Å²) < 4.78 is 4.94. The number of nitrogens with zero attached hydrogens (tertiary/aromatic N) is 2. The van der Waals surface area contributed by atoms with E-state index in [4.69, 9.17) is 9.55 Å². The minimum absolute atomic E-state index is 0.0515. The molecular formula is C8H8BN3O4. The lowest BCUT2D eigenvalue weighted by Gasteiger charge is -2.00. The minimum atomic E-state index is -0.812. The topological polar surface area (TPSA) is 101 Å². The van der Waals surface area contributed by atoms with E-state index in [1.165, 1.54) is 25.0 Å². The maximum atomic E-state index is 10.6. The Morgan fingerprint density at radius 1 is 1.62 bits per heavy atom. The van der Waals surface area contributed by atoms with Crippen molar-refractivity contribution in [3.8, 4) is 0 Å². The van der Waals surface area contributed by atoms with Gasteiger partial charge in [0.15, 0.2) is 11.4 Å². The van der Waals surface area contributed by atoms with Gasteiger partial charge in [0.05, 0.1) is 10.3 Å². The smallest absolute Gasteiger partial charge is 0.408 e. The highest BCUT2D eigenvalue weighted by Crippen LogP contribution is 2.26. The van der Waals surface area contributed by atoms with Crippen LogP contribution in [-0.2, 0) is 0 Å². The van der Waals surface area contributed by atoms with Crippen molar-refractivity contribution in [3.63, 3.8) is 0 Å². The molecule has 0 aliphatic rings. The molecular weight excluding hydrogens is 213 g/mol. The third kappa shape index (κ3) is 1.82. The van der Waals surface area contributed by atoms with Gasteiger partial charge >= 0.3 is 7.05 Å². The number of benzene rings is 1. The number of nitro groups is 1. The van der Waals surface area contributed by atoms with Crippen molar-refractivity contribution in [3.05, 3.63) is 28.3 Å². The average Bonchev–Trinajstić information content (AvgIpc) is 2.60. The van der Waals surface area contributed by atoms with Crippen LogP contribution in [0.3, 0.4) is 0 Å². The third-order valence-corrected chi connectivity index (χ3v) is 2.01. The van der Waals surface area contributed by atoms with Crippen LogP contribution in [0.2, 0.25) is 6.82 Å². The summed E-state index contributed by atoms with van der Waals surface area (Å²) in [7, 11) is -0.812. The second-order valence-electron chi connectivity index (χ2n) is 3.29. The maximum Gasteiger partial charge on any atom is 0.408 e. The fourth-order valence-corrected chi connectivity index (χ4v) is 1.34. The van der Waals surface area contributed by atoms with Crippen molar-refractivity contribution in [1.82, 2.24) is 5.16 Å². The molecule has 0 aliphatic heterocycles. The van der Waals surface area contributed by atoms with E-state index >= 15 is 0 Å². The SMILES string of the molecule is CB(O)Nc1noc2ccc([N+](=O)[O-])cc12.